The van der Waals surface area contributed by atoms with E-state index in [0.29, 0.717) is 11.3 Å². The first-order chi connectivity index (χ1) is 10.1. The molecule has 0 fully saturated rings. The lowest BCUT2D eigenvalue weighted by Gasteiger charge is -2.05. The smallest absolute Gasteiger partial charge is 0.328 e. The molecule has 3 rings (SSSR count). The second kappa shape index (κ2) is 5.32. The third kappa shape index (κ3) is 2.74. The maximum Gasteiger partial charge on any atom is 0.328 e. The lowest BCUT2D eigenvalue weighted by atomic mass is 10.1. The van der Waals surface area contributed by atoms with Crippen LogP contribution in [0.15, 0.2) is 58.5 Å². The van der Waals surface area contributed by atoms with E-state index in [1.54, 1.807) is 6.92 Å². The van der Waals surface area contributed by atoms with Gasteiger partial charge in [-0.3, -0.25) is 0 Å². The molecular weight excluding hydrogens is 268 g/mol. The van der Waals surface area contributed by atoms with Crippen LogP contribution in [-0.2, 0) is 4.79 Å². The van der Waals surface area contributed by atoms with Crippen molar-refractivity contribution in [3.05, 3.63) is 54.1 Å². The molecule has 1 heterocycles. The van der Waals surface area contributed by atoms with Gasteiger partial charge >= 0.3 is 5.97 Å². The SMILES string of the molecule is CC(=CC(=O)O)COc1ccc2oc3ccccc3c2c1. The fourth-order valence-electron chi connectivity index (χ4n) is 2.24. The van der Waals surface area contributed by atoms with Crippen LogP contribution in [-0.4, -0.2) is 17.7 Å². The number of benzene rings is 2. The van der Waals surface area contributed by atoms with E-state index in [1.165, 1.54) is 0 Å². The van der Waals surface area contributed by atoms with Crippen molar-refractivity contribution in [1.29, 1.82) is 0 Å². The molecule has 0 aliphatic heterocycles. The number of para-hydroxylation sites is 1. The van der Waals surface area contributed by atoms with Crippen LogP contribution in [0, 0.1) is 0 Å². The number of ether oxygens (including phenoxy) is 1. The molecule has 21 heavy (non-hydrogen) atoms. The molecular formula is C17H14O4. The van der Waals surface area contributed by atoms with Crippen LogP contribution in [0.25, 0.3) is 21.9 Å². The maximum atomic E-state index is 10.6. The Morgan fingerprint density at radius 2 is 1.95 bits per heavy atom. The summed E-state index contributed by atoms with van der Waals surface area (Å²) in [5, 5.41) is 10.7. The van der Waals surface area contributed by atoms with Crippen LogP contribution in [0.1, 0.15) is 6.92 Å². The number of rotatable bonds is 4. The van der Waals surface area contributed by atoms with Gasteiger partial charge in [0.2, 0.25) is 0 Å². The summed E-state index contributed by atoms with van der Waals surface area (Å²) in [4.78, 5) is 10.6. The second-order valence-corrected chi connectivity index (χ2v) is 4.87. The summed E-state index contributed by atoms with van der Waals surface area (Å²) in [6.45, 7) is 1.97. The van der Waals surface area contributed by atoms with E-state index in [1.807, 2.05) is 42.5 Å². The van der Waals surface area contributed by atoms with E-state index >= 15 is 0 Å². The number of hydrogen-bond acceptors (Lipinski definition) is 3. The molecule has 0 unspecified atom stereocenters. The topological polar surface area (TPSA) is 59.7 Å². The zero-order chi connectivity index (χ0) is 14.8. The van der Waals surface area contributed by atoms with Gasteiger partial charge in [-0.25, -0.2) is 4.79 Å². The van der Waals surface area contributed by atoms with Gasteiger partial charge < -0.3 is 14.3 Å². The molecule has 106 valence electrons. The molecule has 1 N–H and O–H groups in total. The molecule has 0 aliphatic rings. The Morgan fingerprint density at radius 1 is 1.19 bits per heavy atom. The Labute approximate surface area is 121 Å². The van der Waals surface area contributed by atoms with Crippen molar-refractivity contribution in [1.82, 2.24) is 0 Å². The number of carbonyl (C=O) groups is 1. The first kappa shape index (κ1) is 13.2. The Hall–Kier alpha value is -2.75. The molecule has 0 radical (unpaired) electrons. The van der Waals surface area contributed by atoms with Gasteiger partial charge in [-0.1, -0.05) is 18.2 Å². The van der Waals surface area contributed by atoms with Gasteiger partial charge in [0.15, 0.2) is 0 Å². The fourth-order valence-corrected chi connectivity index (χ4v) is 2.24. The summed E-state index contributed by atoms with van der Waals surface area (Å²) in [7, 11) is 0. The highest BCUT2D eigenvalue weighted by Crippen LogP contribution is 2.31. The van der Waals surface area contributed by atoms with Gasteiger partial charge in [0.25, 0.3) is 0 Å². The Balaban J connectivity index is 1.90. The van der Waals surface area contributed by atoms with Crippen LogP contribution in [0.5, 0.6) is 5.75 Å². The predicted molar refractivity (Wildman–Crippen MR) is 80.6 cm³/mol. The number of aliphatic carboxylic acids is 1. The maximum absolute atomic E-state index is 10.6. The van der Waals surface area contributed by atoms with Crippen molar-refractivity contribution in [2.24, 2.45) is 0 Å². The van der Waals surface area contributed by atoms with E-state index < -0.39 is 5.97 Å². The van der Waals surface area contributed by atoms with Crippen LogP contribution < -0.4 is 4.74 Å². The van der Waals surface area contributed by atoms with Crippen molar-refractivity contribution in [2.75, 3.05) is 6.61 Å². The summed E-state index contributed by atoms with van der Waals surface area (Å²) in [5.41, 5.74) is 2.30. The highest BCUT2D eigenvalue weighted by molar-refractivity contribution is 6.05. The monoisotopic (exact) mass is 282 g/mol. The summed E-state index contributed by atoms with van der Waals surface area (Å²) in [5.74, 6) is -0.278. The molecule has 2 aromatic carbocycles. The quantitative estimate of drug-likeness (QED) is 0.735. The van der Waals surface area contributed by atoms with E-state index in [2.05, 4.69) is 0 Å². The van der Waals surface area contributed by atoms with Gasteiger partial charge in [0.05, 0.1) is 0 Å². The molecule has 0 amide bonds. The molecule has 0 aliphatic carbocycles. The number of hydrogen-bond donors (Lipinski definition) is 1. The third-order valence-electron chi connectivity index (χ3n) is 3.18. The molecule has 3 aromatic rings. The number of carboxylic acids is 1. The Bertz CT molecular complexity index is 842. The van der Waals surface area contributed by atoms with E-state index in [-0.39, 0.29) is 6.61 Å². The highest BCUT2D eigenvalue weighted by atomic mass is 16.5. The minimum atomic E-state index is -0.965. The standard InChI is InChI=1S/C17H14O4/c1-11(8-17(18)19)10-20-12-6-7-16-14(9-12)13-4-2-3-5-15(13)21-16/h2-9H,10H2,1H3,(H,18,19). The number of fused-ring (bicyclic) bond motifs is 3. The normalized spacial score (nSPS) is 12.0. The van der Waals surface area contributed by atoms with Gasteiger partial charge in [0, 0.05) is 16.8 Å². The molecule has 0 atom stereocenters. The minimum absolute atomic E-state index is 0.244. The summed E-state index contributed by atoms with van der Waals surface area (Å²) in [6, 6.07) is 13.4. The van der Waals surface area contributed by atoms with Gasteiger partial charge in [-0.15, -0.1) is 0 Å². The highest BCUT2D eigenvalue weighted by Gasteiger charge is 2.07. The second-order valence-electron chi connectivity index (χ2n) is 4.87. The van der Waals surface area contributed by atoms with Crippen molar-refractivity contribution in [3.8, 4) is 5.75 Å². The zero-order valence-corrected chi connectivity index (χ0v) is 11.5. The van der Waals surface area contributed by atoms with Crippen molar-refractivity contribution in [3.63, 3.8) is 0 Å². The third-order valence-corrected chi connectivity index (χ3v) is 3.18. The molecule has 4 heteroatoms. The summed E-state index contributed by atoms with van der Waals surface area (Å²) < 4.78 is 11.4. The van der Waals surface area contributed by atoms with E-state index in [0.717, 1.165) is 28.0 Å². The van der Waals surface area contributed by atoms with Crippen molar-refractivity contribution in [2.45, 2.75) is 6.92 Å². The van der Waals surface area contributed by atoms with Gasteiger partial charge in [-0.05, 0) is 36.8 Å². The Morgan fingerprint density at radius 3 is 2.76 bits per heavy atom. The lowest BCUT2D eigenvalue weighted by molar-refractivity contribution is -0.131. The summed E-state index contributed by atoms with van der Waals surface area (Å²) >= 11 is 0. The number of carboxylic acid groups (broad SMARTS) is 1. The molecule has 0 saturated heterocycles. The largest absolute Gasteiger partial charge is 0.489 e. The predicted octanol–water partition coefficient (Wildman–Crippen LogP) is 4.00. The Kier molecular flexibility index (Phi) is 3.36. The van der Waals surface area contributed by atoms with Crippen LogP contribution in [0.4, 0.5) is 0 Å². The molecule has 0 bridgehead atoms. The van der Waals surface area contributed by atoms with Crippen molar-refractivity contribution >= 4 is 27.9 Å². The molecule has 0 spiro atoms. The first-order valence-corrected chi connectivity index (χ1v) is 6.58. The minimum Gasteiger partial charge on any atom is -0.489 e. The summed E-state index contributed by atoms with van der Waals surface area (Å²) in [6.07, 6.45) is 1.14. The zero-order valence-electron chi connectivity index (χ0n) is 11.5. The average molecular weight is 282 g/mol. The van der Waals surface area contributed by atoms with E-state index in [9.17, 15) is 4.79 Å². The van der Waals surface area contributed by atoms with Crippen LogP contribution in [0.2, 0.25) is 0 Å². The number of furan rings is 1. The fraction of sp³-hybridized carbons (Fsp3) is 0.118. The average Bonchev–Trinajstić information content (AvgIpc) is 2.82. The molecule has 1 aromatic heterocycles. The first-order valence-electron chi connectivity index (χ1n) is 6.58. The van der Waals surface area contributed by atoms with Gasteiger partial charge in [-0.2, -0.15) is 0 Å². The van der Waals surface area contributed by atoms with Crippen LogP contribution in [0.3, 0.4) is 0 Å². The van der Waals surface area contributed by atoms with Gasteiger partial charge in [0.1, 0.15) is 23.5 Å². The van der Waals surface area contributed by atoms with E-state index in [4.69, 9.17) is 14.3 Å². The van der Waals surface area contributed by atoms with Crippen molar-refractivity contribution < 1.29 is 19.1 Å². The molecule has 0 saturated carbocycles. The lowest BCUT2D eigenvalue weighted by Crippen LogP contribution is -2.01. The van der Waals surface area contributed by atoms with Crippen LogP contribution >= 0.6 is 0 Å². The molecule has 4 nitrogen and oxygen atoms in total.